The Morgan fingerprint density at radius 1 is 1.25 bits per heavy atom. The fourth-order valence-corrected chi connectivity index (χ4v) is 2.88. The van der Waals surface area contributed by atoms with Crippen LogP contribution in [-0.2, 0) is 6.54 Å². The van der Waals surface area contributed by atoms with E-state index in [9.17, 15) is 0 Å². The standard InChI is InChI=1S/C16H26N4/c1-12-10-20(11-13(2)19(12)3)16-8-14(6-7-17-16)9-18-15-4-5-15/h6-8,12-13,15,18H,4-5,9-11H2,1-3H3. The van der Waals surface area contributed by atoms with Crippen LogP contribution in [0.1, 0.15) is 32.3 Å². The normalized spacial score (nSPS) is 27.9. The minimum absolute atomic E-state index is 0.578. The summed E-state index contributed by atoms with van der Waals surface area (Å²) in [6.45, 7) is 7.68. The molecule has 1 aromatic heterocycles. The van der Waals surface area contributed by atoms with E-state index >= 15 is 0 Å². The molecule has 2 aliphatic rings. The molecule has 1 aliphatic carbocycles. The Balaban J connectivity index is 1.67. The Labute approximate surface area is 122 Å². The maximum Gasteiger partial charge on any atom is 0.128 e. The Kier molecular flexibility index (Phi) is 3.94. The Hall–Kier alpha value is -1.13. The van der Waals surface area contributed by atoms with E-state index in [0.29, 0.717) is 12.1 Å². The van der Waals surface area contributed by atoms with Crippen molar-refractivity contribution in [1.82, 2.24) is 15.2 Å². The topological polar surface area (TPSA) is 31.4 Å². The zero-order valence-corrected chi connectivity index (χ0v) is 12.8. The van der Waals surface area contributed by atoms with Gasteiger partial charge in [-0.15, -0.1) is 0 Å². The van der Waals surface area contributed by atoms with E-state index in [1.165, 1.54) is 18.4 Å². The van der Waals surface area contributed by atoms with Gasteiger partial charge in [-0.1, -0.05) is 0 Å². The highest BCUT2D eigenvalue weighted by Gasteiger charge is 2.27. The van der Waals surface area contributed by atoms with Gasteiger partial charge in [-0.25, -0.2) is 4.98 Å². The molecular weight excluding hydrogens is 248 g/mol. The lowest BCUT2D eigenvalue weighted by Crippen LogP contribution is -2.55. The lowest BCUT2D eigenvalue weighted by molar-refractivity contribution is 0.169. The molecule has 0 spiro atoms. The second-order valence-corrected chi connectivity index (χ2v) is 6.45. The average molecular weight is 274 g/mol. The molecule has 1 N–H and O–H groups in total. The number of pyridine rings is 1. The van der Waals surface area contributed by atoms with Crippen molar-refractivity contribution in [3.8, 4) is 0 Å². The lowest BCUT2D eigenvalue weighted by atomic mass is 10.1. The first-order valence-corrected chi connectivity index (χ1v) is 7.78. The summed E-state index contributed by atoms with van der Waals surface area (Å²) in [6.07, 6.45) is 4.63. The summed E-state index contributed by atoms with van der Waals surface area (Å²) in [7, 11) is 2.22. The largest absolute Gasteiger partial charge is 0.353 e. The Bertz CT molecular complexity index is 446. The van der Waals surface area contributed by atoms with Crippen LogP contribution in [0.5, 0.6) is 0 Å². The molecule has 0 amide bonds. The summed E-state index contributed by atoms with van der Waals surface area (Å²) in [5.41, 5.74) is 1.35. The second kappa shape index (κ2) is 5.70. The van der Waals surface area contributed by atoms with E-state index in [1.807, 2.05) is 6.20 Å². The number of hydrogen-bond acceptors (Lipinski definition) is 4. The highest BCUT2D eigenvalue weighted by molar-refractivity contribution is 5.42. The number of likely N-dealkylation sites (N-methyl/N-ethyl adjacent to an activating group) is 1. The summed E-state index contributed by atoms with van der Waals surface area (Å²) >= 11 is 0. The zero-order valence-electron chi connectivity index (χ0n) is 12.8. The van der Waals surface area contributed by atoms with Crippen LogP contribution < -0.4 is 10.2 Å². The van der Waals surface area contributed by atoms with Gasteiger partial charge in [-0.2, -0.15) is 0 Å². The van der Waals surface area contributed by atoms with Crippen molar-refractivity contribution in [2.75, 3.05) is 25.0 Å². The number of hydrogen-bond donors (Lipinski definition) is 1. The van der Waals surface area contributed by atoms with Crippen LogP contribution in [0.25, 0.3) is 0 Å². The summed E-state index contributed by atoms with van der Waals surface area (Å²) in [4.78, 5) is 9.46. The van der Waals surface area contributed by atoms with Gasteiger partial charge in [0.2, 0.25) is 0 Å². The molecule has 1 saturated carbocycles. The number of rotatable bonds is 4. The first-order valence-electron chi connectivity index (χ1n) is 7.78. The molecule has 110 valence electrons. The minimum atomic E-state index is 0.578. The molecule has 2 fully saturated rings. The number of anilines is 1. The number of nitrogens with zero attached hydrogens (tertiary/aromatic N) is 3. The van der Waals surface area contributed by atoms with E-state index in [2.05, 4.69) is 53.1 Å². The molecular formula is C16H26N4. The maximum atomic E-state index is 4.58. The van der Waals surface area contributed by atoms with Crippen LogP contribution in [0.15, 0.2) is 18.3 Å². The first kappa shape index (κ1) is 13.8. The molecule has 1 saturated heterocycles. The molecule has 0 radical (unpaired) electrons. The van der Waals surface area contributed by atoms with Crippen molar-refractivity contribution < 1.29 is 0 Å². The fourth-order valence-electron chi connectivity index (χ4n) is 2.88. The van der Waals surface area contributed by atoms with Crippen molar-refractivity contribution in [3.05, 3.63) is 23.9 Å². The van der Waals surface area contributed by atoms with Gasteiger partial charge in [-0.3, -0.25) is 4.90 Å². The van der Waals surface area contributed by atoms with Crippen LogP contribution in [-0.4, -0.2) is 48.1 Å². The second-order valence-electron chi connectivity index (χ2n) is 6.45. The van der Waals surface area contributed by atoms with Crippen molar-refractivity contribution in [1.29, 1.82) is 0 Å². The van der Waals surface area contributed by atoms with Crippen LogP contribution in [0.4, 0.5) is 5.82 Å². The van der Waals surface area contributed by atoms with Gasteiger partial charge in [0, 0.05) is 44.0 Å². The molecule has 4 nitrogen and oxygen atoms in total. The molecule has 4 heteroatoms. The molecule has 1 aromatic rings. The molecule has 2 heterocycles. The third-order valence-corrected chi connectivity index (χ3v) is 4.67. The Morgan fingerprint density at radius 3 is 2.60 bits per heavy atom. The van der Waals surface area contributed by atoms with Crippen LogP contribution in [0, 0.1) is 0 Å². The quantitative estimate of drug-likeness (QED) is 0.908. The van der Waals surface area contributed by atoms with Crippen molar-refractivity contribution in [2.24, 2.45) is 0 Å². The Morgan fingerprint density at radius 2 is 1.95 bits per heavy atom. The number of nitrogens with one attached hydrogen (secondary N) is 1. The highest BCUT2D eigenvalue weighted by atomic mass is 15.3. The van der Waals surface area contributed by atoms with Crippen molar-refractivity contribution >= 4 is 5.82 Å². The molecule has 20 heavy (non-hydrogen) atoms. The molecule has 1 aliphatic heterocycles. The van der Waals surface area contributed by atoms with Gasteiger partial charge in [0.05, 0.1) is 0 Å². The highest BCUT2D eigenvalue weighted by Crippen LogP contribution is 2.22. The first-order chi connectivity index (χ1) is 9.63. The number of aromatic nitrogens is 1. The van der Waals surface area contributed by atoms with Crippen molar-refractivity contribution in [2.45, 2.75) is 51.4 Å². The van der Waals surface area contributed by atoms with Gasteiger partial charge < -0.3 is 10.2 Å². The van der Waals surface area contributed by atoms with E-state index in [0.717, 1.165) is 31.5 Å². The molecule has 2 unspecified atom stereocenters. The fraction of sp³-hybridized carbons (Fsp3) is 0.688. The average Bonchev–Trinajstić information content (AvgIpc) is 3.26. The van der Waals surface area contributed by atoms with Crippen LogP contribution >= 0.6 is 0 Å². The minimum Gasteiger partial charge on any atom is -0.353 e. The van der Waals surface area contributed by atoms with E-state index in [-0.39, 0.29) is 0 Å². The number of piperazine rings is 1. The maximum absolute atomic E-state index is 4.58. The van der Waals surface area contributed by atoms with E-state index < -0.39 is 0 Å². The van der Waals surface area contributed by atoms with Crippen LogP contribution in [0.2, 0.25) is 0 Å². The molecule has 3 rings (SSSR count). The van der Waals surface area contributed by atoms with Gasteiger partial charge in [-0.05, 0) is 51.4 Å². The van der Waals surface area contributed by atoms with E-state index in [1.54, 1.807) is 0 Å². The predicted octanol–water partition coefficient (Wildman–Crippen LogP) is 1.86. The van der Waals surface area contributed by atoms with Crippen LogP contribution in [0.3, 0.4) is 0 Å². The summed E-state index contributed by atoms with van der Waals surface area (Å²) in [6, 6.07) is 6.29. The van der Waals surface area contributed by atoms with E-state index in [4.69, 9.17) is 0 Å². The predicted molar refractivity (Wildman–Crippen MR) is 83.0 cm³/mol. The molecule has 0 aromatic carbocycles. The third kappa shape index (κ3) is 3.13. The summed E-state index contributed by atoms with van der Waals surface area (Å²) in [5, 5.41) is 3.57. The molecule has 2 atom stereocenters. The van der Waals surface area contributed by atoms with Gasteiger partial charge in [0.25, 0.3) is 0 Å². The van der Waals surface area contributed by atoms with Crippen molar-refractivity contribution in [3.63, 3.8) is 0 Å². The summed E-state index contributed by atoms with van der Waals surface area (Å²) < 4.78 is 0. The van der Waals surface area contributed by atoms with Gasteiger partial charge >= 0.3 is 0 Å². The molecule has 0 bridgehead atoms. The SMILES string of the molecule is CC1CN(c2cc(CNC3CC3)ccn2)CC(C)N1C. The zero-order chi connectivity index (χ0) is 14.1. The lowest BCUT2D eigenvalue weighted by Gasteiger charge is -2.43. The summed E-state index contributed by atoms with van der Waals surface area (Å²) in [5.74, 6) is 1.13. The van der Waals surface area contributed by atoms with Gasteiger partial charge in [0.15, 0.2) is 0 Å². The van der Waals surface area contributed by atoms with Gasteiger partial charge in [0.1, 0.15) is 5.82 Å². The smallest absolute Gasteiger partial charge is 0.128 e. The monoisotopic (exact) mass is 274 g/mol. The third-order valence-electron chi connectivity index (χ3n) is 4.67.